The first-order chi connectivity index (χ1) is 9.02. The zero-order chi connectivity index (χ0) is 14.3. The molecule has 7 heteroatoms. The van der Waals surface area contributed by atoms with Gasteiger partial charge in [-0.25, -0.2) is 5.48 Å². The Hall–Kier alpha value is -1.60. The molecule has 0 aliphatic rings. The van der Waals surface area contributed by atoms with Crippen molar-refractivity contribution in [3.05, 3.63) is 28.2 Å². The number of hydroxylamine groups is 1. The van der Waals surface area contributed by atoms with Gasteiger partial charge >= 0.3 is 0 Å². The monoisotopic (exact) mass is 330 g/mol. The van der Waals surface area contributed by atoms with E-state index in [2.05, 4.69) is 26.2 Å². The molecular formula is C12H15BrN2O4. The molecule has 0 heterocycles. The number of carbonyl (C=O) groups is 2. The van der Waals surface area contributed by atoms with Gasteiger partial charge in [-0.2, -0.15) is 0 Å². The zero-order valence-electron chi connectivity index (χ0n) is 10.4. The average Bonchev–Trinajstić information content (AvgIpc) is 2.36. The third kappa shape index (κ3) is 5.71. The molecule has 0 aliphatic heterocycles. The summed E-state index contributed by atoms with van der Waals surface area (Å²) >= 11 is 3.37. The largest absolute Gasteiger partial charge is 0.496 e. The molecule has 0 spiro atoms. The first kappa shape index (κ1) is 15.5. The van der Waals surface area contributed by atoms with Crippen molar-refractivity contribution in [3.8, 4) is 5.75 Å². The fraction of sp³-hybridized carbons (Fsp3) is 0.333. The average molecular weight is 331 g/mol. The minimum Gasteiger partial charge on any atom is -0.496 e. The molecule has 0 unspecified atom stereocenters. The lowest BCUT2D eigenvalue weighted by Crippen LogP contribution is -2.29. The topological polar surface area (TPSA) is 90.7 Å². The number of hydrogen-bond donors (Lipinski definition) is 2. The molecule has 1 rings (SSSR count). The molecule has 0 aromatic heterocycles. The van der Waals surface area contributed by atoms with Crippen molar-refractivity contribution < 1.29 is 19.2 Å². The van der Waals surface area contributed by atoms with E-state index in [1.54, 1.807) is 7.11 Å². The first-order valence-electron chi connectivity index (χ1n) is 5.54. The van der Waals surface area contributed by atoms with Gasteiger partial charge in [-0.15, -0.1) is 0 Å². The summed E-state index contributed by atoms with van der Waals surface area (Å²) in [6.45, 7) is -0.334. The van der Waals surface area contributed by atoms with Crippen LogP contribution in [-0.4, -0.2) is 25.5 Å². The molecule has 1 aromatic rings. The Kier molecular flexibility index (Phi) is 6.31. The highest BCUT2D eigenvalue weighted by atomic mass is 79.9. The SMILES string of the molecule is COc1ccc(CCC(=O)NOCC(N)=O)cc1Br. The minimum absolute atomic E-state index is 0.248. The van der Waals surface area contributed by atoms with Gasteiger partial charge in [0.1, 0.15) is 5.75 Å². The van der Waals surface area contributed by atoms with Gasteiger partial charge in [-0.1, -0.05) is 6.07 Å². The molecule has 0 bridgehead atoms. The van der Waals surface area contributed by atoms with Crippen LogP contribution in [0.5, 0.6) is 5.75 Å². The maximum atomic E-state index is 11.4. The van der Waals surface area contributed by atoms with Crippen LogP contribution in [0.15, 0.2) is 22.7 Å². The van der Waals surface area contributed by atoms with Gasteiger partial charge < -0.3 is 10.5 Å². The molecule has 6 nitrogen and oxygen atoms in total. The number of aryl methyl sites for hydroxylation is 1. The molecule has 0 fully saturated rings. The fourth-order valence-corrected chi connectivity index (χ4v) is 1.95. The Bertz CT molecular complexity index is 465. The van der Waals surface area contributed by atoms with Crippen molar-refractivity contribution >= 4 is 27.7 Å². The molecule has 3 N–H and O–H groups in total. The second-order valence-corrected chi connectivity index (χ2v) is 4.60. The quantitative estimate of drug-likeness (QED) is 0.727. The highest BCUT2D eigenvalue weighted by molar-refractivity contribution is 9.10. The van der Waals surface area contributed by atoms with Crippen LogP contribution < -0.4 is 16.0 Å². The van der Waals surface area contributed by atoms with E-state index >= 15 is 0 Å². The number of amides is 2. The molecule has 1 aromatic carbocycles. The Labute approximate surface area is 119 Å². The van der Waals surface area contributed by atoms with E-state index in [1.165, 1.54) is 0 Å². The van der Waals surface area contributed by atoms with Crippen LogP contribution in [0.1, 0.15) is 12.0 Å². The Morgan fingerprint density at radius 2 is 2.16 bits per heavy atom. The van der Waals surface area contributed by atoms with E-state index < -0.39 is 5.91 Å². The predicted octanol–water partition coefficient (Wildman–Crippen LogP) is 0.923. The van der Waals surface area contributed by atoms with Gasteiger partial charge in [0, 0.05) is 6.42 Å². The van der Waals surface area contributed by atoms with Crippen LogP contribution in [0.3, 0.4) is 0 Å². The first-order valence-corrected chi connectivity index (χ1v) is 6.33. The van der Waals surface area contributed by atoms with Crippen molar-refractivity contribution in [1.82, 2.24) is 5.48 Å². The van der Waals surface area contributed by atoms with Crippen molar-refractivity contribution in [3.63, 3.8) is 0 Å². The van der Waals surface area contributed by atoms with Gasteiger partial charge in [0.25, 0.3) is 0 Å². The number of hydrogen-bond acceptors (Lipinski definition) is 4. The van der Waals surface area contributed by atoms with E-state index in [0.717, 1.165) is 15.8 Å². The molecule has 0 saturated heterocycles. The molecule has 0 aliphatic carbocycles. The number of methoxy groups -OCH3 is 1. The summed E-state index contributed by atoms with van der Waals surface area (Å²) in [5, 5.41) is 0. The zero-order valence-corrected chi connectivity index (χ0v) is 12.0. The van der Waals surface area contributed by atoms with E-state index in [4.69, 9.17) is 10.5 Å². The fourth-order valence-electron chi connectivity index (χ4n) is 1.36. The number of nitrogens with two attached hydrogens (primary N) is 1. The summed E-state index contributed by atoms with van der Waals surface area (Å²) < 4.78 is 5.94. The molecule has 104 valence electrons. The van der Waals surface area contributed by atoms with Gasteiger partial charge in [0.2, 0.25) is 11.8 Å². The maximum absolute atomic E-state index is 11.4. The van der Waals surface area contributed by atoms with Crippen LogP contribution in [-0.2, 0) is 20.8 Å². The maximum Gasteiger partial charge on any atom is 0.246 e. The number of halogens is 1. The smallest absolute Gasteiger partial charge is 0.246 e. The predicted molar refractivity (Wildman–Crippen MR) is 72.3 cm³/mol. The van der Waals surface area contributed by atoms with E-state index in [0.29, 0.717) is 6.42 Å². The second-order valence-electron chi connectivity index (χ2n) is 3.75. The van der Waals surface area contributed by atoms with Crippen molar-refractivity contribution in [2.45, 2.75) is 12.8 Å². The summed E-state index contributed by atoms with van der Waals surface area (Å²) in [5.41, 5.74) is 7.98. The number of ether oxygens (including phenoxy) is 1. The minimum atomic E-state index is -0.639. The number of carbonyl (C=O) groups excluding carboxylic acids is 2. The molecule has 0 radical (unpaired) electrons. The standard InChI is InChI=1S/C12H15BrN2O4/c1-18-10-4-2-8(6-9(10)13)3-5-12(17)15-19-7-11(14)16/h2,4,6H,3,5,7H2,1H3,(H2,14,16)(H,15,17). The van der Waals surface area contributed by atoms with Crippen molar-refractivity contribution in [1.29, 1.82) is 0 Å². The number of rotatable bonds is 7. The van der Waals surface area contributed by atoms with Crippen LogP contribution >= 0.6 is 15.9 Å². The normalized spacial score (nSPS) is 10.0. The van der Waals surface area contributed by atoms with Gasteiger partial charge in [0.05, 0.1) is 11.6 Å². The Morgan fingerprint density at radius 1 is 1.42 bits per heavy atom. The lowest BCUT2D eigenvalue weighted by molar-refractivity contribution is -0.137. The van der Waals surface area contributed by atoms with E-state index in [1.807, 2.05) is 18.2 Å². The van der Waals surface area contributed by atoms with Crippen LogP contribution in [0, 0.1) is 0 Å². The third-order valence-electron chi connectivity index (χ3n) is 2.26. The summed E-state index contributed by atoms with van der Waals surface area (Å²) in [7, 11) is 1.59. The van der Waals surface area contributed by atoms with E-state index in [9.17, 15) is 9.59 Å². The lowest BCUT2D eigenvalue weighted by atomic mass is 10.1. The molecule has 2 amide bonds. The second kappa shape index (κ2) is 7.75. The third-order valence-corrected chi connectivity index (χ3v) is 2.88. The van der Waals surface area contributed by atoms with Gasteiger partial charge in [-0.3, -0.25) is 14.4 Å². The summed E-state index contributed by atoms with van der Waals surface area (Å²) in [5.74, 6) is -0.217. The summed E-state index contributed by atoms with van der Waals surface area (Å²) in [4.78, 5) is 26.4. The number of primary amides is 1. The molecule has 19 heavy (non-hydrogen) atoms. The van der Waals surface area contributed by atoms with Crippen molar-refractivity contribution in [2.75, 3.05) is 13.7 Å². The van der Waals surface area contributed by atoms with Crippen LogP contribution in [0.25, 0.3) is 0 Å². The molecular weight excluding hydrogens is 316 g/mol. The number of benzene rings is 1. The highest BCUT2D eigenvalue weighted by Gasteiger charge is 2.05. The van der Waals surface area contributed by atoms with Crippen LogP contribution in [0.2, 0.25) is 0 Å². The highest BCUT2D eigenvalue weighted by Crippen LogP contribution is 2.25. The summed E-state index contributed by atoms with van der Waals surface area (Å²) in [6.07, 6.45) is 0.798. The number of nitrogens with one attached hydrogen (secondary N) is 1. The van der Waals surface area contributed by atoms with E-state index in [-0.39, 0.29) is 18.9 Å². The van der Waals surface area contributed by atoms with Gasteiger partial charge in [-0.05, 0) is 40.0 Å². The Morgan fingerprint density at radius 3 is 2.74 bits per heavy atom. The Balaban J connectivity index is 2.37. The van der Waals surface area contributed by atoms with Gasteiger partial charge in [0.15, 0.2) is 6.61 Å². The molecule has 0 saturated carbocycles. The summed E-state index contributed by atoms with van der Waals surface area (Å²) in [6, 6.07) is 5.58. The van der Waals surface area contributed by atoms with Crippen molar-refractivity contribution in [2.24, 2.45) is 5.73 Å². The van der Waals surface area contributed by atoms with Crippen LogP contribution in [0.4, 0.5) is 0 Å². The lowest BCUT2D eigenvalue weighted by Gasteiger charge is -2.07. The molecule has 0 atom stereocenters.